The first-order valence-electron chi connectivity index (χ1n) is 10.5. The lowest BCUT2D eigenvalue weighted by Gasteiger charge is -2.14. The number of unbranched alkanes of at least 4 members (excludes halogenated alkanes) is 8. The molecule has 0 aliphatic carbocycles. The Bertz CT molecular complexity index is 231. The summed E-state index contributed by atoms with van der Waals surface area (Å²) < 4.78 is 11.2. The number of rotatable bonds is 19. The summed E-state index contributed by atoms with van der Waals surface area (Å²) in [6, 6.07) is 0. The van der Waals surface area contributed by atoms with Gasteiger partial charge >= 0.3 is 0 Å². The van der Waals surface area contributed by atoms with Gasteiger partial charge in [-0.05, 0) is 32.1 Å². The molecule has 1 N–H and O–H groups in total. The highest BCUT2D eigenvalue weighted by molar-refractivity contribution is 4.56. The van der Waals surface area contributed by atoms with Gasteiger partial charge in [-0.15, -0.1) is 0 Å². The molecule has 0 aromatic heterocycles. The first kappa shape index (κ1) is 23.9. The summed E-state index contributed by atoms with van der Waals surface area (Å²) in [5.41, 5.74) is 0. The normalized spacial score (nSPS) is 14.0. The molecule has 3 nitrogen and oxygen atoms in total. The molecule has 0 saturated carbocycles. The molecule has 0 spiro atoms. The summed E-state index contributed by atoms with van der Waals surface area (Å²) >= 11 is 0. The summed E-state index contributed by atoms with van der Waals surface area (Å²) in [6.07, 6.45) is 15.1. The number of hydrogen-bond acceptors (Lipinski definition) is 3. The summed E-state index contributed by atoms with van der Waals surface area (Å²) in [4.78, 5) is 0. The van der Waals surface area contributed by atoms with Gasteiger partial charge in [-0.2, -0.15) is 0 Å². The average Bonchev–Trinajstić information content (AvgIpc) is 2.57. The molecule has 0 radical (unpaired) electrons. The SMILES string of the molecule is CCCCC(CC)COCCCCCCCCCCOCC(C)O. The minimum absolute atomic E-state index is 0.335. The minimum Gasteiger partial charge on any atom is -0.391 e. The van der Waals surface area contributed by atoms with Crippen LogP contribution in [0, 0.1) is 5.92 Å². The van der Waals surface area contributed by atoms with Gasteiger partial charge in [0.2, 0.25) is 0 Å². The molecule has 0 fully saturated rings. The van der Waals surface area contributed by atoms with Crippen LogP contribution in [0.5, 0.6) is 0 Å². The van der Waals surface area contributed by atoms with Crippen molar-refractivity contribution in [2.75, 3.05) is 26.4 Å². The van der Waals surface area contributed by atoms with Gasteiger partial charge in [0, 0.05) is 19.8 Å². The number of hydrogen-bond donors (Lipinski definition) is 1. The van der Waals surface area contributed by atoms with Gasteiger partial charge in [0.25, 0.3) is 0 Å². The maximum Gasteiger partial charge on any atom is 0.0745 e. The molecule has 0 rings (SSSR count). The fraction of sp³-hybridized carbons (Fsp3) is 1.00. The Morgan fingerprint density at radius 2 is 1.21 bits per heavy atom. The third kappa shape index (κ3) is 18.2. The molecule has 0 bridgehead atoms. The monoisotopic (exact) mass is 344 g/mol. The van der Waals surface area contributed by atoms with E-state index in [0.29, 0.717) is 6.61 Å². The molecule has 2 unspecified atom stereocenters. The number of aliphatic hydroxyl groups excluding tert-OH is 1. The zero-order chi connectivity index (χ0) is 17.9. The molecular formula is C21H44O3. The van der Waals surface area contributed by atoms with Crippen LogP contribution in [0.2, 0.25) is 0 Å². The topological polar surface area (TPSA) is 38.7 Å². The van der Waals surface area contributed by atoms with Gasteiger partial charge in [-0.1, -0.05) is 71.6 Å². The smallest absolute Gasteiger partial charge is 0.0745 e. The maximum atomic E-state index is 9.07. The van der Waals surface area contributed by atoms with Crippen LogP contribution in [0.25, 0.3) is 0 Å². The van der Waals surface area contributed by atoms with Gasteiger partial charge in [-0.25, -0.2) is 0 Å². The molecule has 0 amide bonds. The van der Waals surface area contributed by atoms with Crippen molar-refractivity contribution in [2.24, 2.45) is 5.92 Å². The molecule has 0 aliphatic heterocycles. The molecule has 0 saturated heterocycles. The van der Waals surface area contributed by atoms with Crippen LogP contribution in [0.3, 0.4) is 0 Å². The highest BCUT2D eigenvalue weighted by Crippen LogP contribution is 2.13. The van der Waals surface area contributed by atoms with Crippen LogP contribution in [-0.4, -0.2) is 37.6 Å². The predicted octanol–water partition coefficient (Wildman–Crippen LogP) is 5.74. The van der Waals surface area contributed by atoms with Crippen LogP contribution in [-0.2, 0) is 9.47 Å². The van der Waals surface area contributed by atoms with Crippen LogP contribution in [0.15, 0.2) is 0 Å². The van der Waals surface area contributed by atoms with Gasteiger partial charge in [0.1, 0.15) is 0 Å². The van der Waals surface area contributed by atoms with Crippen LogP contribution >= 0.6 is 0 Å². The van der Waals surface area contributed by atoms with Crippen molar-refractivity contribution in [3.05, 3.63) is 0 Å². The van der Waals surface area contributed by atoms with Crippen molar-refractivity contribution in [2.45, 2.75) is 104 Å². The minimum atomic E-state index is -0.335. The third-order valence-corrected chi connectivity index (χ3v) is 4.58. The van der Waals surface area contributed by atoms with Gasteiger partial charge in [0.15, 0.2) is 0 Å². The number of aliphatic hydroxyl groups is 1. The van der Waals surface area contributed by atoms with E-state index in [1.54, 1.807) is 6.92 Å². The van der Waals surface area contributed by atoms with E-state index in [0.717, 1.165) is 32.2 Å². The molecule has 24 heavy (non-hydrogen) atoms. The fourth-order valence-electron chi connectivity index (χ4n) is 2.87. The third-order valence-electron chi connectivity index (χ3n) is 4.58. The van der Waals surface area contributed by atoms with Gasteiger partial charge < -0.3 is 14.6 Å². The highest BCUT2D eigenvalue weighted by Gasteiger charge is 2.05. The van der Waals surface area contributed by atoms with Gasteiger partial charge in [-0.3, -0.25) is 0 Å². The highest BCUT2D eigenvalue weighted by atomic mass is 16.5. The Kier molecular flexibility index (Phi) is 19.1. The zero-order valence-corrected chi connectivity index (χ0v) is 16.7. The summed E-state index contributed by atoms with van der Waals surface area (Å²) in [5.74, 6) is 0.773. The fourth-order valence-corrected chi connectivity index (χ4v) is 2.87. The molecular weight excluding hydrogens is 300 g/mol. The summed E-state index contributed by atoms with van der Waals surface area (Å²) in [7, 11) is 0. The average molecular weight is 345 g/mol. The molecule has 146 valence electrons. The van der Waals surface area contributed by atoms with Gasteiger partial charge in [0.05, 0.1) is 12.7 Å². The Labute approximate surface area is 151 Å². The lowest BCUT2D eigenvalue weighted by molar-refractivity contribution is 0.0445. The standard InChI is InChI=1S/C21H44O3/c1-4-6-15-21(5-2)19-24-17-14-12-10-8-7-9-11-13-16-23-18-20(3)22/h20-22H,4-19H2,1-3H3. The van der Waals surface area contributed by atoms with Crippen molar-refractivity contribution in [1.29, 1.82) is 0 Å². The maximum absolute atomic E-state index is 9.07. The molecule has 3 heteroatoms. The van der Waals surface area contributed by atoms with E-state index < -0.39 is 0 Å². The molecule has 0 heterocycles. The van der Waals surface area contributed by atoms with E-state index in [9.17, 15) is 0 Å². The second-order valence-electron chi connectivity index (χ2n) is 7.24. The molecule has 2 atom stereocenters. The number of ether oxygens (including phenoxy) is 2. The van der Waals surface area contributed by atoms with E-state index in [4.69, 9.17) is 14.6 Å². The Morgan fingerprint density at radius 3 is 1.67 bits per heavy atom. The lowest BCUT2D eigenvalue weighted by atomic mass is 10.0. The van der Waals surface area contributed by atoms with Crippen molar-refractivity contribution < 1.29 is 14.6 Å². The quantitative estimate of drug-likeness (QED) is 0.304. The molecule has 0 aromatic carbocycles. The second-order valence-corrected chi connectivity index (χ2v) is 7.24. The molecule has 0 aromatic rings. The predicted molar refractivity (Wildman–Crippen MR) is 104 cm³/mol. The van der Waals surface area contributed by atoms with Crippen LogP contribution in [0.4, 0.5) is 0 Å². The van der Waals surface area contributed by atoms with Crippen LogP contribution in [0.1, 0.15) is 97.8 Å². The zero-order valence-electron chi connectivity index (χ0n) is 16.7. The largest absolute Gasteiger partial charge is 0.391 e. The van der Waals surface area contributed by atoms with E-state index in [-0.39, 0.29) is 6.10 Å². The summed E-state index contributed by atoms with van der Waals surface area (Å²) in [6.45, 7) is 9.48. The van der Waals surface area contributed by atoms with Crippen molar-refractivity contribution in [1.82, 2.24) is 0 Å². The van der Waals surface area contributed by atoms with Crippen LogP contribution < -0.4 is 0 Å². The van der Waals surface area contributed by atoms with E-state index >= 15 is 0 Å². The first-order chi connectivity index (χ1) is 11.7. The van der Waals surface area contributed by atoms with Crippen molar-refractivity contribution in [3.8, 4) is 0 Å². The lowest BCUT2D eigenvalue weighted by Crippen LogP contribution is -2.10. The second kappa shape index (κ2) is 19.2. The Morgan fingerprint density at radius 1 is 0.708 bits per heavy atom. The van der Waals surface area contributed by atoms with Crippen molar-refractivity contribution in [3.63, 3.8) is 0 Å². The van der Waals surface area contributed by atoms with E-state index in [1.165, 1.54) is 70.6 Å². The molecule has 0 aliphatic rings. The first-order valence-corrected chi connectivity index (χ1v) is 10.5. The van der Waals surface area contributed by atoms with E-state index in [1.807, 2.05) is 0 Å². The van der Waals surface area contributed by atoms with Crippen molar-refractivity contribution >= 4 is 0 Å². The van der Waals surface area contributed by atoms with E-state index in [2.05, 4.69) is 13.8 Å². The Balaban J connectivity index is 3.14. The summed E-state index contributed by atoms with van der Waals surface area (Å²) in [5, 5.41) is 9.07. The Hall–Kier alpha value is -0.120.